The summed E-state index contributed by atoms with van der Waals surface area (Å²) in [5.74, 6) is 1.08. The van der Waals surface area contributed by atoms with Gasteiger partial charge in [0.1, 0.15) is 5.65 Å². The molecule has 0 saturated heterocycles. The molecule has 4 aromatic rings. The molecule has 0 aromatic carbocycles. The summed E-state index contributed by atoms with van der Waals surface area (Å²) in [4.78, 5) is 12.5. The number of methoxy groups -OCH3 is 1. The molecule has 1 saturated carbocycles. The summed E-state index contributed by atoms with van der Waals surface area (Å²) in [6.45, 7) is 0. The molecule has 0 spiro atoms. The summed E-state index contributed by atoms with van der Waals surface area (Å²) in [6, 6.07) is 6.33. The molecule has 28 heavy (non-hydrogen) atoms. The van der Waals surface area contributed by atoms with Crippen molar-refractivity contribution in [3.05, 3.63) is 36.8 Å². The first kappa shape index (κ1) is 17.0. The van der Waals surface area contributed by atoms with Crippen molar-refractivity contribution in [3.63, 3.8) is 0 Å². The van der Waals surface area contributed by atoms with E-state index in [1.54, 1.807) is 13.3 Å². The lowest BCUT2D eigenvalue weighted by atomic mass is 9.93. The fourth-order valence-electron chi connectivity index (χ4n) is 3.93. The third-order valence-corrected chi connectivity index (χ3v) is 5.43. The van der Waals surface area contributed by atoms with E-state index in [2.05, 4.69) is 31.4 Å². The molecule has 0 unspecified atom stereocenters. The Morgan fingerprint density at radius 3 is 2.89 bits per heavy atom. The molecule has 1 aliphatic rings. The molecule has 0 amide bonds. The van der Waals surface area contributed by atoms with Gasteiger partial charge < -0.3 is 20.1 Å². The van der Waals surface area contributed by atoms with Crippen LogP contribution in [0.4, 0.5) is 5.95 Å². The highest BCUT2D eigenvalue weighted by molar-refractivity contribution is 5.98. The molecule has 0 radical (unpaired) electrons. The van der Waals surface area contributed by atoms with Crippen molar-refractivity contribution < 1.29 is 9.84 Å². The first-order valence-corrected chi connectivity index (χ1v) is 9.53. The Hall–Kier alpha value is -3.13. The highest BCUT2D eigenvalue weighted by Crippen LogP contribution is 2.35. The van der Waals surface area contributed by atoms with Gasteiger partial charge >= 0.3 is 0 Å². The summed E-state index contributed by atoms with van der Waals surface area (Å²) in [7, 11) is 1.62. The minimum atomic E-state index is -0.185. The molecule has 0 atom stereocenters. The maximum atomic E-state index is 9.69. The van der Waals surface area contributed by atoms with Gasteiger partial charge in [-0.2, -0.15) is 15.1 Å². The van der Waals surface area contributed by atoms with E-state index in [-0.39, 0.29) is 12.1 Å². The molecule has 8 nitrogen and oxygen atoms in total. The summed E-state index contributed by atoms with van der Waals surface area (Å²) in [5, 5.41) is 18.2. The predicted molar refractivity (Wildman–Crippen MR) is 107 cm³/mol. The lowest BCUT2D eigenvalue weighted by molar-refractivity contribution is 0.126. The van der Waals surface area contributed by atoms with Crippen LogP contribution < -0.4 is 10.1 Å². The third-order valence-electron chi connectivity index (χ3n) is 5.43. The molecule has 8 heteroatoms. The van der Waals surface area contributed by atoms with Crippen molar-refractivity contribution >= 4 is 22.5 Å². The molecule has 4 heterocycles. The molecular formula is C20H22N6O2. The number of hydrogen-bond acceptors (Lipinski definition) is 6. The van der Waals surface area contributed by atoms with E-state index in [0.29, 0.717) is 11.8 Å². The largest absolute Gasteiger partial charge is 0.480 e. The fraction of sp³-hybridized carbons (Fsp3) is 0.350. The second-order valence-electron chi connectivity index (χ2n) is 7.25. The van der Waals surface area contributed by atoms with Crippen molar-refractivity contribution in [2.45, 2.75) is 37.8 Å². The van der Waals surface area contributed by atoms with Crippen LogP contribution in [0.25, 0.3) is 27.7 Å². The zero-order valence-electron chi connectivity index (χ0n) is 15.6. The van der Waals surface area contributed by atoms with E-state index in [4.69, 9.17) is 4.74 Å². The highest BCUT2D eigenvalue weighted by atomic mass is 16.5. The normalized spacial score (nSPS) is 19.9. The zero-order chi connectivity index (χ0) is 19.1. The number of nitrogens with zero attached hydrogens (tertiary/aromatic N) is 4. The number of rotatable bonds is 4. The van der Waals surface area contributed by atoms with Crippen LogP contribution in [0.5, 0.6) is 5.88 Å². The minimum absolute atomic E-state index is 0.185. The van der Waals surface area contributed by atoms with Gasteiger partial charge in [0.15, 0.2) is 0 Å². The highest BCUT2D eigenvalue weighted by Gasteiger charge is 2.21. The summed E-state index contributed by atoms with van der Waals surface area (Å²) >= 11 is 0. The standard InChI is InChI=1S/C20H22N6O2/c1-28-19-17-16(12-7-9-26-14(10-12)6-8-22-26)11-21-18(17)24-20(25-19)23-13-2-4-15(27)5-3-13/h6-11,13,15,27H,2-5H2,1H3,(H2,21,23,24,25)/t13-,15+. The van der Waals surface area contributed by atoms with Gasteiger partial charge in [0.25, 0.3) is 0 Å². The van der Waals surface area contributed by atoms with Gasteiger partial charge in [-0.3, -0.25) is 0 Å². The van der Waals surface area contributed by atoms with Crippen LogP contribution in [0.15, 0.2) is 36.8 Å². The Labute approximate surface area is 161 Å². The average molecular weight is 378 g/mol. The van der Waals surface area contributed by atoms with Crippen LogP contribution in [0.3, 0.4) is 0 Å². The summed E-state index contributed by atoms with van der Waals surface area (Å²) in [5.41, 5.74) is 3.78. The van der Waals surface area contributed by atoms with Gasteiger partial charge in [-0.05, 0) is 49.4 Å². The molecule has 1 aliphatic carbocycles. The van der Waals surface area contributed by atoms with Crippen LogP contribution in [-0.2, 0) is 0 Å². The van der Waals surface area contributed by atoms with E-state index in [1.807, 2.05) is 29.0 Å². The van der Waals surface area contributed by atoms with Crippen LogP contribution in [-0.4, -0.2) is 48.9 Å². The number of aromatic nitrogens is 5. The SMILES string of the molecule is COc1nc(N[C@H]2CC[C@@H](O)CC2)nc2[nH]cc(-c3ccn4nccc4c3)c12. The molecule has 144 valence electrons. The lowest BCUT2D eigenvalue weighted by Crippen LogP contribution is -2.29. The van der Waals surface area contributed by atoms with Gasteiger partial charge in [-0.25, -0.2) is 4.52 Å². The number of anilines is 1. The molecule has 4 aromatic heterocycles. The van der Waals surface area contributed by atoms with Crippen molar-refractivity contribution in [3.8, 4) is 17.0 Å². The number of hydrogen-bond donors (Lipinski definition) is 3. The van der Waals surface area contributed by atoms with Gasteiger partial charge in [0.05, 0.1) is 24.1 Å². The topological polar surface area (TPSA) is 100 Å². The zero-order valence-corrected chi connectivity index (χ0v) is 15.6. The maximum Gasteiger partial charge on any atom is 0.228 e. The number of nitrogens with one attached hydrogen (secondary N) is 2. The number of aliphatic hydroxyl groups excluding tert-OH is 1. The van der Waals surface area contributed by atoms with Gasteiger partial charge in [-0.15, -0.1) is 0 Å². The molecule has 0 aliphatic heterocycles. The van der Waals surface area contributed by atoms with E-state index in [1.165, 1.54) is 0 Å². The number of aromatic amines is 1. The van der Waals surface area contributed by atoms with Gasteiger partial charge in [0, 0.05) is 30.2 Å². The Morgan fingerprint density at radius 2 is 2.07 bits per heavy atom. The Balaban J connectivity index is 1.52. The molecule has 1 fully saturated rings. The third kappa shape index (κ3) is 2.95. The average Bonchev–Trinajstić information content (AvgIpc) is 3.35. The second kappa shape index (κ2) is 6.79. The van der Waals surface area contributed by atoms with Crippen molar-refractivity contribution in [1.82, 2.24) is 24.6 Å². The number of fused-ring (bicyclic) bond motifs is 2. The lowest BCUT2D eigenvalue weighted by Gasteiger charge is -2.26. The number of ether oxygens (including phenoxy) is 1. The van der Waals surface area contributed by atoms with E-state index in [9.17, 15) is 5.11 Å². The van der Waals surface area contributed by atoms with E-state index < -0.39 is 0 Å². The van der Waals surface area contributed by atoms with Crippen LogP contribution >= 0.6 is 0 Å². The maximum absolute atomic E-state index is 9.69. The Morgan fingerprint density at radius 1 is 1.21 bits per heavy atom. The van der Waals surface area contributed by atoms with Crippen molar-refractivity contribution in [2.75, 3.05) is 12.4 Å². The first-order valence-electron chi connectivity index (χ1n) is 9.53. The molecule has 0 bridgehead atoms. The smallest absolute Gasteiger partial charge is 0.228 e. The van der Waals surface area contributed by atoms with Crippen molar-refractivity contribution in [2.24, 2.45) is 0 Å². The summed E-state index contributed by atoms with van der Waals surface area (Å²) in [6.07, 6.45) is 8.89. The fourth-order valence-corrected chi connectivity index (χ4v) is 3.93. The Kier molecular flexibility index (Phi) is 4.12. The predicted octanol–water partition coefficient (Wildman–Crippen LogP) is 3.00. The molecule has 5 rings (SSSR count). The molecule has 3 N–H and O–H groups in total. The quantitative estimate of drug-likeness (QED) is 0.505. The van der Waals surface area contributed by atoms with E-state index >= 15 is 0 Å². The second-order valence-corrected chi connectivity index (χ2v) is 7.25. The van der Waals surface area contributed by atoms with E-state index in [0.717, 1.165) is 53.4 Å². The number of aliphatic hydroxyl groups is 1. The molecular weight excluding hydrogens is 356 g/mol. The van der Waals surface area contributed by atoms with Crippen LogP contribution in [0.2, 0.25) is 0 Å². The van der Waals surface area contributed by atoms with Crippen LogP contribution in [0, 0.1) is 0 Å². The minimum Gasteiger partial charge on any atom is -0.480 e. The number of H-pyrrole nitrogens is 1. The Bertz CT molecular complexity index is 1130. The monoisotopic (exact) mass is 378 g/mol. The van der Waals surface area contributed by atoms with Gasteiger partial charge in [0.2, 0.25) is 11.8 Å². The number of pyridine rings is 1. The first-order chi connectivity index (χ1) is 13.7. The van der Waals surface area contributed by atoms with Crippen LogP contribution in [0.1, 0.15) is 25.7 Å². The van der Waals surface area contributed by atoms with Gasteiger partial charge in [-0.1, -0.05) is 0 Å². The summed E-state index contributed by atoms with van der Waals surface area (Å²) < 4.78 is 7.43. The van der Waals surface area contributed by atoms with Crippen molar-refractivity contribution in [1.29, 1.82) is 0 Å².